The number of nitrogens with one attached hydrogen (secondary N) is 1. The number of benzene rings is 2. The maximum Gasteiger partial charge on any atom is 0.229 e. The van der Waals surface area contributed by atoms with Crippen LogP contribution in [0, 0.1) is 5.82 Å². The molecule has 0 aliphatic rings. The SMILES string of the molecule is CCOP(C)(=O)c1ccc([C@H](N[S@+]([O-])C(C)C)c2ccc(F)cc2)cc1. The normalized spacial score (nSPS) is 16.3. The van der Waals surface area contributed by atoms with Crippen molar-refractivity contribution in [1.29, 1.82) is 0 Å². The largest absolute Gasteiger partial charge is 0.598 e. The van der Waals surface area contributed by atoms with Gasteiger partial charge in [0.15, 0.2) is 0 Å². The van der Waals surface area contributed by atoms with Crippen LogP contribution in [0.25, 0.3) is 0 Å². The summed E-state index contributed by atoms with van der Waals surface area (Å²) < 4.78 is 46.6. The minimum atomic E-state index is -2.85. The van der Waals surface area contributed by atoms with E-state index < -0.39 is 18.7 Å². The van der Waals surface area contributed by atoms with Gasteiger partial charge in [-0.3, -0.25) is 4.57 Å². The van der Waals surface area contributed by atoms with Crippen LogP contribution >= 0.6 is 7.37 Å². The molecular formula is C19H25FNO3PS. The first kappa shape index (κ1) is 21.1. The maximum absolute atomic E-state index is 13.3. The molecule has 0 fully saturated rings. The van der Waals surface area contributed by atoms with Crippen molar-refractivity contribution in [3.63, 3.8) is 0 Å². The van der Waals surface area contributed by atoms with E-state index in [2.05, 4.69) is 4.72 Å². The third kappa shape index (κ3) is 5.41. The Morgan fingerprint density at radius 1 is 1.12 bits per heavy atom. The van der Waals surface area contributed by atoms with Gasteiger partial charge in [-0.2, -0.15) is 0 Å². The van der Waals surface area contributed by atoms with Gasteiger partial charge < -0.3 is 9.08 Å². The van der Waals surface area contributed by atoms with Crippen LogP contribution in [0.5, 0.6) is 0 Å². The minimum absolute atomic E-state index is 0.0639. The highest BCUT2D eigenvalue weighted by atomic mass is 32.2. The Morgan fingerprint density at radius 2 is 1.62 bits per heavy atom. The van der Waals surface area contributed by atoms with E-state index in [9.17, 15) is 13.5 Å². The molecule has 0 spiro atoms. The minimum Gasteiger partial charge on any atom is -0.598 e. The molecule has 7 heteroatoms. The van der Waals surface area contributed by atoms with E-state index in [0.29, 0.717) is 11.9 Å². The quantitative estimate of drug-likeness (QED) is 0.537. The van der Waals surface area contributed by atoms with Gasteiger partial charge in [0.2, 0.25) is 7.37 Å². The number of hydrogen-bond acceptors (Lipinski definition) is 4. The summed E-state index contributed by atoms with van der Waals surface area (Å²) in [6, 6.07) is 12.9. The third-order valence-electron chi connectivity index (χ3n) is 3.94. The lowest BCUT2D eigenvalue weighted by Gasteiger charge is -2.23. The molecule has 0 aliphatic heterocycles. The first-order valence-corrected chi connectivity index (χ1v) is 11.8. The summed E-state index contributed by atoms with van der Waals surface area (Å²) in [6.45, 7) is 7.50. The van der Waals surface area contributed by atoms with E-state index in [0.717, 1.165) is 11.1 Å². The Labute approximate surface area is 157 Å². The standard InChI is InChI=1S/C19H25FNO3PS/c1-5-24-25(4,22)18-12-8-16(9-13-18)19(21-26(23)14(2)3)15-6-10-17(20)11-7-15/h6-14,19,21H,5H2,1-4H3/t19-,25?,26-/m1/s1. The molecule has 2 rings (SSSR count). The molecule has 4 nitrogen and oxygen atoms in total. The summed E-state index contributed by atoms with van der Waals surface area (Å²) in [5.74, 6) is -0.323. The molecule has 0 radical (unpaired) electrons. The van der Waals surface area contributed by atoms with E-state index in [1.807, 2.05) is 26.0 Å². The lowest BCUT2D eigenvalue weighted by Crippen LogP contribution is -2.34. The van der Waals surface area contributed by atoms with Gasteiger partial charge in [0.25, 0.3) is 0 Å². The summed E-state index contributed by atoms with van der Waals surface area (Å²) in [4.78, 5) is 0. The lowest BCUT2D eigenvalue weighted by molar-refractivity contribution is 0.345. The van der Waals surface area contributed by atoms with Crippen molar-refractivity contribution in [3.8, 4) is 0 Å². The molecule has 142 valence electrons. The molecule has 0 saturated heterocycles. The summed E-state index contributed by atoms with van der Waals surface area (Å²) in [6.07, 6.45) is 0. The van der Waals surface area contributed by atoms with Crippen molar-refractivity contribution < 1.29 is 18.0 Å². The second kappa shape index (κ2) is 9.16. The Balaban J connectivity index is 2.35. The molecule has 3 atom stereocenters. The van der Waals surface area contributed by atoms with Gasteiger partial charge in [-0.25, -0.2) is 4.39 Å². The fraction of sp³-hybridized carbons (Fsp3) is 0.368. The fourth-order valence-corrected chi connectivity index (χ4v) is 4.60. The monoisotopic (exact) mass is 397 g/mol. The molecule has 0 amide bonds. The molecule has 0 bridgehead atoms. The number of rotatable bonds is 8. The first-order chi connectivity index (χ1) is 12.2. The molecule has 2 aromatic carbocycles. The van der Waals surface area contributed by atoms with Crippen LogP contribution in [0.3, 0.4) is 0 Å². The van der Waals surface area contributed by atoms with Gasteiger partial charge in [-0.1, -0.05) is 24.3 Å². The van der Waals surface area contributed by atoms with Crippen LogP contribution in [0.4, 0.5) is 4.39 Å². The maximum atomic E-state index is 13.3. The van der Waals surface area contributed by atoms with Crippen LogP contribution in [-0.2, 0) is 20.5 Å². The molecule has 0 aliphatic carbocycles. The first-order valence-electron chi connectivity index (χ1n) is 8.49. The summed E-state index contributed by atoms with van der Waals surface area (Å²) in [5, 5.41) is 0.567. The lowest BCUT2D eigenvalue weighted by atomic mass is 10.00. The van der Waals surface area contributed by atoms with Gasteiger partial charge >= 0.3 is 0 Å². The number of hydrogen-bond donors (Lipinski definition) is 1. The highest BCUT2D eigenvalue weighted by Gasteiger charge is 2.24. The second-order valence-corrected chi connectivity index (χ2v) is 10.5. The zero-order valence-electron chi connectivity index (χ0n) is 15.4. The molecule has 0 heterocycles. The Kier molecular flexibility index (Phi) is 7.44. The molecule has 0 aromatic heterocycles. The van der Waals surface area contributed by atoms with E-state index in [4.69, 9.17) is 4.52 Å². The van der Waals surface area contributed by atoms with E-state index in [1.165, 1.54) is 12.1 Å². The molecule has 26 heavy (non-hydrogen) atoms. The van der Waals surface area contributed by atoms with E-state index >= 15 is 0 Å². The van der Waals surface area contributed by atoms with Crippen molar-refractivity contribution in [2.45, 2.75) is 32.1 Å². The van der Waals surface area contributed by atoms with Crippen molar-refractivity contribution in [1.82, 2.24) is 4.72 Å². The molecular weight excluding hydrogens is 372 g/mol. The Morgan fingerprint density at radius 3 is 2.08 bits per heavy atom. The topological polar surface area (TPSA) is 61.4 Å². The van der Waals surface area contributed by atoms with Gasteiger partial charge in [-0.15, -0.1) is 4.72 Å². The van der Waals surface area contributed by atoms with E-state index in [-0.39, 0.29) is 17.1 Å². The van der Waals surface area contributed by atoms with Crippen molar-refractivity contribution in [2.75, 3.05) is 13.3 Å². The molecule has 1 N–H and O–H groups in total. The molecule has 2 aromatic rings. The second-order valence-electron chi connectivity index (χ2n) is 6.30. The number of halogens is 1. The third-order valence-corrected chi connectivity index (χ3v) is 7.25. The van der Waals surface area contributed by atoms with Crippen LogP contribution < -0.4 is 10.0 Å². The summed E-state index contributed by atoms with van der Waals surface area (Å²) in [7, 11) is -2.85. The zero-order chi connectivity index (χ0) is 19.3. The predicted molar refractivity (Wildman–Crippen MR) is 106 cm³/mol. The molecule has 1 unspecified atom stereocenters. The highest BCUT2D eigenvalue weighted by molar-refractivity contribution is 7.90. The van der Waals surface area contributed by atoms with Gasteiger partial charge in [0.1, 0.15) is 17.1 Å². The zero-order valence-corrected chi connectivity index (χ0v) is 17.1. The van der Waals surface area contributed by atoms with Crippen LogP contribution in [0.1, 0.15) is 37.9 Å². The smallest absolute Gasteiger partial charge is 0.229 e. The van der Waals surface area contributed by atoms with E-state index in [1.54, 1.807) is 37.9 Å². The van der Waals surface area contributed by atoms with Crippen molar-refractivity contribution >= 4 is 24.0 Å². The van der Waals surface area contributed by atoms with Crippen LogP contribution in [0.2, 0.25) is 0 Å². The molecule has 0 saturated carbocycles. The predicted octanol–water partition coefficient (Wildman–Crippen LogP) is 4.15. The van der Waals surface area contributed by atoms with Crippen molar-refractivity contribution in [2.24, 2.45) is 0 Å². The Bertz CT molecular complexity index is 752. The summed E-state index contributed by atoms with van der Waals surface area (Å²) in [5.41, 5.74) is 1.66. The van der Waals surface area contributed by atoms with Crippen LogP contribution in [-0.4, -0.2) is 23.1 Å². The average Bonchev–Trinajstić information content (AvgIpc) is 2.60. The van der Waals surface area contributed by atoms with Crippen molar-refractivity contribution in [3.05, 3.63) is 65.5 Å². The van der Waals surface area contributed by atoms with Gasteiger partial charge in [-0.05, 0) is 56.2 Å². The summed E-state index contributed by atoms with van der Waals surface area (Å²) >= 11 is -1.26. The van der Waals surface area contributed by atoms with Gasteiger partial charge in [0.05, 0.1) is 6.61 Å². The van der Waals surface area contributed by atoms with Gasteiger partial charge in [0, 0.05) is 23.3 Å². The highest BCUT2D eigenvalue weighted by Crippen LogP contribution is 2.41. The average molecular weight is 397 g/mol. The fourth-order valence-electron chi connectivity index (χ4n) is 2.49. The Hall–Kier alpha value is -1.17. The van der Waals surface area contributed by atoms with Crippen LogP contribution in [0.15, 0.2) is 48.5 Å².